The second-order valence-electron chi connectivity index (χ2n) is 8.69. The summed E-state index contributed by atoms with van der Waals surface area (Å²) in [7, 11) is 0. The lowest BCUT2D eigenvalue weighted by Crippen LogP contribution is -2.53. The van der Waals surface area contributed by atoms with E-state index < -0.39 is 17.8 Å². The fourth-order valence-corrected chi connectivity index (χ4v) is 4.12. The van der Waals surface area contributed by atoms with Crippen molar-refractivity contribution in [1.29, 1.82) is 0 Å². The Morgan fingerprint density at radius 1 is 0.872 bits per heavy atom. The van der Waals surface area contributed by atoms with Gasteiger partial charge in [0.25, 0.3) is 11.8 Å². The fourth-order valence-electron chi connectivity index (χ4n) is 3.93. The average Bonchev–Trinajstić information content (AvgIpc) is 2.93. The highest BCUT2D eigenvalue weighted by Crippen LogP contribution is 2.30. The van der Waals surface area contributed by atoms with E-state index in [1.165, 1.54) is 6.08 Å². The maximum Gasteiger partial charge on any atom is 0.331 e. The van der Waals surface area contributed by atoms with Gasteiger partial charge in [-0.2, -0.15) is 0 Å². The molecule has 0 saturated carbocycles. The minimum absolute atomic E-state index is 0.0614. The van der Waals surface area contributed by atoms with Crippen molar-refractivity contribution in [3.63, 3.8) is 0 Å². The van der Waals surface area contributed by atoms with E-state index in [1.54, 1.807) is 48.5 Å². The van der Waals surface area contributed by atoms with Crippen molar-refractivity contribution in [1.82, 2.24) is 10.2 Å². The first-order valence-corrected chi connectivity index (χ1v) is 13.0. The lowest BCUT2D eigenvalue weighted by atomic mass is 10.1. The van der Waals surface area contributed by atoms with Gasteiger partial charge in [-0.1, -0.05) is 61.0 Å². The molecule has 1 N–H and O–H groups in total. The Bertz CT molecular complexity index is 1400. The van der Waals surface area contributed by atoms with E-state index in [9.17, 15) is 14.4 Å². The number of urea groups is 1. The van der Waals surface area contributed by atoms with Crippen LogP contribution in [0, 0.1) is 0 Å². The zero-order valence-electron chi connectivity index (χ0n) is 21.7. The summed E-state index contributed by atoms with van der Waals surface area (Å²) in [6.07, 6.45) is 2.26. The third-order valence-corrected chi connectivity index (χ3v) is 6.22. The number of benzene rings is 3. The van der Waals surface area contributed by atoms with E-state index in [2.05, 4.69) is 5.32 Å². The van der Waals surface area contributed by atoms with Crippen LogP contribution in [0.25, 0.3) is 6.08 Å². The number of ether oxygens (including phenoxy) is 3. The van der Waals surface area contributed by atoms with E-state index in [0.29, 0.717) is 46.6 Å². The molecule has 39 heavy (non-hydrogen) atoms. The number of carbonyl (C=O) groups excluding carboxylic acids is 3. The minimum Gasteiger partial charge on any atom is -0.490 e. The molecule has 3 aromatic rings. The lowest BCUT2D eigenvalue weighted by molar-refractivity contribution is -0.130. The van der Waals surface area contributed by atoms with Crippen molar-refractivity contribution in [2.75, 3.05) is 13.2 Å². The molecule has 1 fully saturated rings. The topological polar surface area (TPSA) is 94.2 Å². The van der Waals surface area contributed by atoms with Gasteiger partial charge in [0.05, 0.1) is 19.8 Å². The number of halogens is 1. The van der Waals surface area contributed by atoms with Crippen LogP contribution in [0.4, 0.5) is 4.79 Å². The molecule has 0 aromatic heterocycles. The first kappa shape index (κ1) is 27.7. The Kier molecular flexibility index (Phi) is 9.22. The second kappa shape index (κ2) is 13.0. The zero-order chi connectivity index (χ0) is 27.8. The first-order valence-electron chi connectivity index (χ1n) is 12.6. The highest BCUT2D eigenvalue weighted by Gasteiger charge is 2.36. The van der Waals surface area contributed by atoms with Crippen LogP contribution < -0.4 is 19.5 Å². The first-order chi connectivity index (χ1) is 18.9. The summed E-state index contributed by atoms with van der Waals surface area (Å²) in [6, 6.07) is 18.7. The molecule has 9 heteroatoms. The molecule has 4 rings (SSSR count). The molecule has 0 radical (unpaired) electrons. The van der Waals surface area contributed by atoms with Gasteiger partial charge < -0.3 is 14.2 Å². The Morgan fingerprint density at radius 3 is 2.41 bits per heavy atom. The van der Waals surface area contributed by atoms with Crippen LogP contribution >= 0.6 is 11.6 Å². The molecule has 4 amide bonds. The van der Waals surface area contributed by atoms with Gasteiger partial charge in [-0.25, -0.2) is 4.79 Å². The van der Waals surface area contributed by atoms with Crippen LogP contribution in [0.15, 0.2) is 72.3 Å². The Hall–Kier alpha value is -4.30. The summed E-state index contributed by atoms with van der Waals surface area (Å²) >= 11 is 6.24. The molecule has 3 aromatic carbocycles. The number of nitrogens with one attached hydrogen (secondary N) is 1. The molecule has 1 heterocycles. The molecule has 8 nitrogen and oxygen atoms in total. The van der Waals surface area contributed by atoms with E-state index in [4.69, 9.17) is 25.8 Å². The Labute approximate surface area is 232 Å². The zero-order valence-corrected chi connectivity index (χ0v) is 22.5. The molecule has 0 aliphatic carbocycles. The number of para-hydroxylation sites is 1. The summed E-state index contributed by atoms with van der Waals surface area (Å²) in [4.78, 5) is 39.7. The normalized spacial score (nSPS) is 14.4. The predicted molar refractivity (Wildman–Crippen MR) is 148 cm³/mol. The largest absolute Gasteiger partial charge is 0.490 e. The van der Waals surface area contributed by atoms with Crippen molar-refractivity contribution < 1.29 is 28.6 Å². The number of imide groups is 2. The fraction of sp³-hybridized carbons (Fsp3) is 0.233. The molecule has 0 unspecified atom stereocenters. The quantitative estimate of drug-likeness (QED) is 0.241. The van der Waals surface area contributed by atoms with E-state index in [0.717, 1.165) is 16.9 Å². The van der Waals surface area contributed by atoms with Crippen LogP contribution in [0.3, 0.4) is 0 Å². The average molecular weight is 549 g/mol. The standard InChI is InChI=1S/C30H29ClN2O6/c1-3-15-38-26-14-13-20(16-27(26)37-4-2)18-33-29(35)23(28(34)32-30(33)36)17-21-9-6-8-12-25(21)39-19-22-10-5-7-11-24(22)31/h5-14,16-17H,3-4,15,18-19H2,1-2H3,(H,32,34,36)/b23-17+. The van der Waals surface area contributed by atoms with E-state index in [-0.39, 0.29) is 18.7 Å². The van der Waals surface area contributed by atoms with Crippen molar-refractivity contribution in [3.05, 3.63) is 94.0 Å². The Morgan fingerprint density at radius 2 is 1.64 bits per heavy atom. The van der Waals surface area contributed by atoms with Crippen molar-refractivity contribution in [2.45, 2.75) is 33.4 Å². The van der Waals surface area contributed by atoms with Crippen molar-refractivity contribution in [3.8, 4) is 17.2 Å². The van der Waals surface area contributed by atoms with Gasteiger partial charge in [0.2, 0.25) is 0 Å². The number of rotatable bonds is 11. The van der Waals surface area contributed by atoms with Crippen LogP contribution in [-0.2, 0) is 22.7 Å². The van der Waals surface area contributed by atoms with Crippen molar-refractivity contribution in [2.24, 2.45) is 0 Å². The molecule has 1 aliphatic rings. The van der Waals surface area contributed by atoms with Gasteiger partial charge in [0.1, 0.15) is 17.9 Å². The van der Waals surface area contributed by atoms with Gasteiger partial charge in [-0.15, -0.1) is 0 Å². The molecule has 202 valence electrons. The molecule has 1 saturated heterocycles. The van der Waals surface area contributed by atoms with Crippen LogP contribution in [0.2, 0.25) is 5.02 Å². The monoisotopic (exact) mass is 548 g/mol. The summed E-state index contributed by atoms with van der Waals surface area (Å²) < 4.78 is 17.4. The molecular weight excluding hydrogens is 520 g/mol. The maximum atomic E-state index is 13.4. The molecule has 0 bridgehead atoms. The summed E-state index contributed by atoms with van der Waals surface area (Å²) in [5.41, 5.74) is 1.76. The van der Waals surface area contributed by atoms with Crippen LogP contribution in [0.1, 0.15) is 37.0 Å². The SMILES string of the molecule is CCCOc1ccc(CN2C(=O)NC(=O)/C(=C\c3ccccc3OCc3ccccc3Cl)C2=O)cc1OCC. The van der Waals surface area contributed by atoms with E-state index in [1.807, 2.05) is 32.0 Å². The third-order valence-electron chi connectivity index (χ3n) is 5.86. The van der Waals surface area contributed by atoms with Gasteiger partial charge >= 0.3 is 6.03 Å². The number of nitrogens with zero attached hydrogens (tertiary/aromatic N) is 1. The van der Waals surface area contributed by atoms with Crippen molar-refractivity contribution >= 4 is 35.5 Å². The number of barbiturate groups is 1. The predicted octanol–water partition coefficient (Wildman–Crippen LogP) is 5.77. The van der Waals surface area contributed by atoms with Crippen LogP contribution in [0.5, 0.6) is 17.2 Å². The number of hydrogen-bond acceptors (Lipinski definition) is 6. The summed E-state index contributed by atoms with van der Waals surface area (Å²) in [6.45, 7) is 4.96. The number of hydrogen-bond donors (Lipinski definition) is 1. The van der Waals surface area contributed by atoms with E-state index >= 15 is 0 Å². The minimum atomic E-state index is -0.797. The molecule has 0 spiro atoms. The summed E-state index contributed by atoms with van der Waals surface area (Å²) in [5.74, 6) is 0.0678. The second-order valence-corrected chi connectivity index (χ2v) is 9.10. The smallest absolute Gasteiger partial charge is 0.331 e. The summed E-state index contributed by atoms with van der Waals surface area (Å²) in [5, 5.41) is 2.83. The molecule has 1 aliphatic heterocycles. The lowest BCUT2D eigenvalue weighted by Gasteiger charge is -2.27. The maximum absolute atomic E-state index is 13.4. The van der Waals surface area contributed by atoms with Gasteiger partial charge in [0.15, 0.2) is 11.5 Å². The third kappa shape index (κ3) is 6.78. The highest BCUT2D eigenvalue weighted by molar-refractivity contribution is 6.31. The van der Waals surface area contributed by atoms with Gasteiger partial charge in [-0.05, 0) is 49.2 Å². The number of amides is 4. The number of carbonyl (C=O) groups is 3. The molecular formula is C30H29ClN2O6. The Balaban J connectivity index is 1.57. The highest BCUT2D eigenvalue weighted by atomic mass is 35.5. The van der Waals surface area contributed by atoms with Gasteiger partial charge in [-0.3, -0.25) is 19.8 Å². The van der Waals surface area contributed by atoms with Crippen LogP contribution in [-0.4, -0.2) is 36.0 Å². The van der Waals surface area contributed by atoms with Gasteiger partial charge in [0, 0.05) is 16.1 Å². The molecule has 0 atom stereocenters.